The summed E-state index contributed by atoms with van der Waals surface area (Å²) >= 11 is 0. The summed E-state index contributed by atoms with van der Waals surface area (Å²) in [5.41, 5.74) is 13.7. The van der Waals surface area contributed by atoms with Crippen LogP contribution in [0.2, 0.25) is 0 Å². The van der Waals surface area contributed by atoms with E-state index >= 15 is 0 Å². The van der Waals surface area contributed by atoms with Crippen molar-refractivity contribution in [3.05, 3.63) is 222 Å². The third-order valence-electron chi connectivity index (χ3n) is 11.2. The number of rotatable bonds is 5. The highest BCUT2D eigenvalue weighted by Gasteiger charge is 2.53. The van der Waals surface area contributed by atoms with E-state index in [-0.39, 0.29) is 0 Å². The van der Waals surface area contributed by atoms with E-state index in [1.807, 2.05) is 36.4 Å². The molecule has 0 atom stereocenters. The Kier molecular flexibility index (Phi) is 7.36. The molecule has 0 fully saturated rings. The van der Waals surface area contributed by atoms with Crippen LogP contribution in [0.15, 0.2) is 200 Å². The van der Waals surface area contributed by atoms with Crippen molar-refractivity contribution in [3.8, 4) is 79.0 Å². The Morgan fingerprint density at radius 2 is 0.732 bits per heavy atom. The van der Waals surface area contributed by atoms with Gasteiger partial charge in [-0.05, 0) is 56.6 Å². The van der Waals surface area contributed by atoms with Gasteiger partial charge in [-0.3, -0.25) is 0 Å². The molecule has 0 amide bonds. The Balaban J connectivity index is 1.22. The SMILES string of the molecule is c1ccc(-c2ccc(-c3cccc4c3C3(c5ccccc5Oc5ccccc53)c3cccc(-c5nc(-c6ccccc6)nc(-c6ccccc6)n5)c3-4)cc2)cc1. The second-order valence-electron chi connectivity index (χ2n) is 14.3. The molecule has 56 heavy (non-hydrogen) atoms. The van der Waals surface area contributed by atoms with Crippen molar-refractivity contribution in [2.75, 3.05) is 0 Å². The standard InChI is InChI=1S/C52H33N3O/c1-4-16-34(17-5-1)35-30-32-36(33-31-35)39-22-14-23-40-47-41(51-54-49(37-18-6-2-7-19-37)53-50(55-51)38-20-8-3-9-21-38)24-15-27-44(47)52(48(39)40)42-25-10-12-28-45(42)56-46-29-13-11-26-43(46)52/h1-33H. The van der Waals surface area contributed by atoms with Crippen LogP contribution in [0.1, 0.15) is 22.3 Å². The molecule has 1 spiro atoms. The summed E-state index contributed by atoms with van der Waals surface area (Å²) in [5.74, 6) is 3.59. The normalized spacial score (nSPS) is 12.9. The zero-order chi connectivity index (χ0) is 37.1. The first-order chi connectivity index (χ1) is 27.8. The molecule has 4 heteroatoms. The van der Waals surface area contributed by atoms with E-state index in [1.54, 1.807) is 0 Å². The lowest BCUT2D eigenvalue weighted by atomic mass is 9.64. The van der Waals surface area contributed by atoms with E-state index in [0.717, 1.165) is 56.0 Å². The lowest BCUT2D eigenvalue weighted by molar-refractivity contribution is 0.436. The third kappa shape index (κ3) is 4.89. The molecule has 9 aromatic rings. The van der Waals surface area contributed by atoms with E-state index in [9.17, 15) is 0 Å². The third-order valence-corrected chi connectivity index (χ3v) is 11.2. The quantitative estimate of drug-likeness (QED) is 0.178. The maximum Gasteiger partial charge on any atom is 0.164 e. The Bertz CT molecular complexity index is 2820. The van der Waals surface area contributed by atoms with Crippen LogP contribution < -0.4 is 4.74 Å². The van der Waals surface area contributed by atoms with Gasteiger partial charge in [0.2, 0.25) is 0 Å². The van der Waals surface area contributed by atoms with Crippen molar-refractivity contribution in [1.29, 1.82) is 0 Å². The predicted molar refractivity (Wildman–Crippen MR) is 224 cm³/mol. The van der Waals surface area contributed by atoms with Crippen LogP contribution in [0.25, 0.3) is 67.5 Å². The highest BCUT2D eigenvalue weighted by Crippen LogP contribution is 2.65. The fraction of sp³-hybridized carbons (Fsp3) is 0.0192. The van der Waals surface area contributed by atoms with Crippen molar-refractivity contribution in [3.63, 3.8) is 0 Å². The summed E-state index contributed by atoms with van der Waals surface area (Å²) in [5, 5.41) is 0. The van der Waals surface area contributed by atoms with Gasteiger partial charge in [-0.15, -0.1) is 0 Å². The van der Waals surface area contributed by atoms with E-state index in [0.29, 0.717) is 17.5 Å². The van der Waals surface area contributed by atoms with Crippen molar-refractivity contribution in [2.45, 2.75) is 5.41 Å². The highest BCUT2D eigenvalue weighted by molar-refractivity contribution is 5.99. The predicted octanol–water partition coefficient (Wildman–Crippen LogP) is 12.7. The van der Waals surface area contributed by atoms with Gasteiger partial charge in [0.25, 0.3) is 0 Å². The number of aromatic nitrogens is 3. The number of para-hydroxylation sites is 2. The molecule has 0 saturated carbocycles. The van der Waals surface area contributed by atoms with Crippen LogP contribution in [0.3, 0.4) is 0 Å². The maximum atomic E-state index is 6.72. The lowest BCUT2D eigenvalue weighted by Crippen LogP contribution is -2.32. The smallest absolute Gasteiger partial charge is 0.164 e. The first kappa shape index (κ1) is 32.0. The Morgan fingerprint density at radius 3 is 1.34 bits per heavy atom. The maximum absolute atomic E-state index is 6.72. The van der Waals surface area contributed by atoms with E-state index in [1.165, 1.54) is 27.8 Å². The summed E-state index contributed by atoms with van der Waals surface area (Å²) in [7, 11) is 0. The van der Waals surface area contributed by atoms with Crippen molar-refractivity contribution < 1.29 is 4.74 Å². The molecule has 4 nitrogen and oxygen atoms in total. The number of hydrogen-bond acceptors (Lipinski definition) is 4. The van der Waals surface area contributed by atoms with Gasteiger partial charge in [0, 0.05) is 27.8 Å². The molecule has 11 rings (SSSR count). The molecule has 0 unspecified atom stereocenters. The molecule has 0 bridgehead atoms. The first-order valence-corrected chi connectivity index (χ1v) is 18.9. The minimum atomic E-state index is -0.696. The van der Waals surface area contributed by atoms with Crippen LogP contribution in [-0.2, 0) is 5.41 Å². The zero-order valence-corrected chi connectivity index (χ0v) is 30.3. The van der Waals surface area contributed by atoms with E-state index < -0.39 is 5.41 Å². The van der Waals surface area contributed by atoms with Gasteiger partial charge in [0.05, 0.1) is 5.41 Å². The largest absolute Gasteiger partial charge is 0.457 e. The molecule has 0 N–H and O–H groups in total. The molecule has 1 aromatic heterocycles. The van der Waals surface area contributed by atoms with Crippen molar-refractivity contribution >= 4 is 0 Å². The Morgan fingerprint density at radius 1 is 0.304 bits per heavy atom. The fourth-order valence-corrected chi connectivity index (χ4v) is 8.84. The Labute approximate surface area is 325 Å². The average molecular weight is 716 g/mol. The van der Waals surface area contributed by atoms with Gasteiger partial charge >= 0.3 is 0 Å². The molecule has 8 aromatic carbocycles. The van der Waals surface area contributed by atoms with Crippen LogP contribution in [0.4, 0.5) is 0 Å². The number of nitrogens with zero attached hydrogens (tertiary/aromatic N) is 3. The van der Waals surface area contributed by atoms with Crippen LogP contribution in [-0.4, -0.2) is 15.0 Å². The molecular formula is C52H33N3O. The number of hydrogen-bond donors (Lipinski definition) is 0. The second-order valence-corrected chi connectivity index (χ2v) is 14.3. The first-order valence-electron chi connectivity index (χ1n) is 18.9. The van der Waals surface area contributed by atoms with Gasteiger partial charge in [-0.2, -0.15) is 0 Å². The summed E-state index contributed by atoms with van der Waals surface area (Å²) in [6.45, 7) is 0. The highest BCUT2D eigenvalue weighted by atomic mass is 16.5. The Hall–Kier alpha value is -7.43. The number of benzene rings is 8. The van der Waals surface area contributed by atoms with Crippen molar-refractivity contribution in [2.24, 2.45) is 0 Å². The molecular weight excluding hydrogens is 683 g/mol. The number of fused-ring (bicyclic) bond motifs is 9. The lowest BCUT2D eigenvalue weighted by Gasteiger charge is -2.40. The fourth-order valence-electron chi connectivity index (χ4n) is 8.84. The summed E-state index contributed by atoms with van der Waals surface area (Å²) < 4.78 is 6.72. The van der Waals surface area contributed by atoms with Crippen LogP contribution in [0, 0.1) is 0 Å². The zero-order valence-electron chi connectivity index (χ0n) is 30.3. The molecule has 0 radical (unpaired) electrons. The van der Waals surface area contributed by atoms with Gasteiger partial charge < -0.3 is 4.74 Å². The van der Waals surface area contributed by atoms with Crippen molar-refractivity contribution in [1.82, 2.24) is 15.0 Å². The van der Waals surface area contributed by atoms with E-state index in [2.05, 4.69) is 164 Å². The minimum Gasteiger partial charge on any atom is -0.457 e. The van der Waals surface area contributed by atoms with Gasteiger partial charge in [0.1, 0.15) is 11.5 Å². The molecule has 2 heterocycles. The summed E-state index contributed by atoms with van der Waals surface area (Å²) in [6.07, 6.45) is 0. The van der Waals surface area contributed by atoms with Gasteiger partial charge in [-0.1, -0.05) is 188 Å². The van der Waals surface area contributed by atoms with Gasteiger partial charge in [0.15, 0.2) is 17.5 Å². The molecule has 1 aliphatic carbocycles. The average Bonchev–Trinajstić information content (AvgIpc) is 3.58. The molecule has 2 aliphatic rings. The van der Waals surface area contributed by atoms with Crippen LogP contribution in [0.5, 0.6) is 11.5 Å². The molecule has 262 valence electrons. The topological polar surface area (TPSA) is 47.9 Å². The van der Waals surface area contributed by atoms with E-state index in [4.69, 9.17) is 19.7 Å². The minimum absolute atomic E-state index is 0.629. The number of ether oxygens (including phenoxy) is 1. The molecule has 0 saturated heterocycles. The van der Waals surface area contributed by atoms with Crippen LogP contribution >= 0.6 is 0 Å². The van der Waals surface area contributed by atoms with Gasteiger partial charge in [-0.25, -0.2) is 15.0 Å². The summed E-state index contributed by atoms with van der Waals surface area (Å²) in [6, 6.07) is 70.2. The monoisotopic (exact) mass is 715 g/mol. The second kappa shape index (κ2) is 12.9. The summed E-state index contributed by atoms with van der Waals surface area (Å²) in [4.78, 5) is 15.5. The molecule has 1 aliphatic heterocycles.